The molecule has 0 saturated carbocycles. The first kappa shape index (κ1) is 17.7. The van der Waals surface area contributed by atoms with Crippen molar-refractivity contribution in [1.29, 1.82) is 0 Å². The number of hydrogen-bond acceptors (Lipinski definition) is 1. The molecule has 1 nitrogen and oxygen atoms in total. The van der Waals surface area contributed by atoms with Crippen molar-refractivity contribution in [1.82, 2.24) is 0 Å². The minimum atomic E-state index is -4.10. The van der Waals surface area contributed by atoms with Crippen molar-refractivity contribution in [2.75, 3.05) is 0 Å². The van der Waals surface area contributed by atoms with Crippen LogP contribution in [-0.4, -0.2) is 6.18 Å². The van der Waals surface area contributed by atoms with Gasteiger partial charge >= 0.3 is 6.18 Å². The second-order valence-electron chi connectivity index (χ2n) is 6.86. The zero-order chi connectivity index (χ0) is 18.9. The van der Waals surface area contributed by atoms with Crippen LogP contribution in [0.15, 0.2) is 77.6 Å². The van der Waals surface area contributed by atoms with E-state index in [0.29, 0.717) is 6.42 Å². The first-order chi connectivity index (χ1) is 13.0. The number of benzene rings is 3. The molecular weight excluding hydrogens is 349 g/mol. The first-order valence-corrected chi connectivity index (χ1v) is 9.00. The summed E-state index contributed by atoms with van der Waals surface area (Å²) in [4.78, 5) is 0. The van der Waals surface area contributed by atoms with Crippen LogP contribution in [-0.2, 0) is 12.8 Å². The summed E-state index contributed by atoms with van der Waals surface area (Å²) in [5.74, 6) is -1.21. The predicted molar refractivity (Wildman–Crippen MR) is 102 cm³/mol. The smallest absolute Gasteiger partial charge is 0.392 e. The van der Waals surface area contributed by atoms with E-state index < -0.39 is 12.1 Å². The molecule has 1 aliphatic rings. The van der Waals surface area contributed by atoms with Crippen molar-refractivity contribution < 1.29 is 17.6 Å². The van der Waals surface area contributed by atoms with Crippen molar-refractivity contribution >= 4 is 21.5 Å². The largest absolute Gasteiger partial charge is 0.473 e. The summed E-state index contributed by atoms with van der Waals surface area (Å²) in [5.41, 5.74) is 1.96. The zero-order valence-corrected chi connectivity index (χ0v) is 14.7. The number of aryl methyl sites for hydroxylation is 1. The van der Waals surface area contributed by atoms with Crippen LogP contribution in [0.2, 0.25) is 0 Å². The third-order valence-electron chi connectivity index (χ3n) is 5.24. The minimum Gasteiger partial charge on any atom is -0.473 e. The number of fused-ring (bicyclic) bond motifs is 5. The maximum atomic E-state index is 13.1. The maximum absolute atomic E-state index is 13.1. The van der Waals surface area contributed by atoms with Gasteiger partial charge < -0.3 is 4.42 Å². The van der Waals surface area contributed by atoms with E-state index >= 15 is 0 Å². The Balaban J connectivity index is 0.000000314. The summed E-state index contributed by atoms with van der Waals surface area (Å²) in [5, 5.41) is 4.26. The molecule has 0 spiro atoms. The number of rotatable bonds is 0. The lowest BCUT2D eigenvalue weighted by Crippen LogP contribution is -2.29. The Morgan fingerprint density at radius 2 is 1.52 bits per heavy atom. The van der Waals surface area contributed by atoms with Gasteiger partial charge in [-0.15, -0.1) is 0 Å². The molecule has 0 aliphatic heterocycles. The molecule has 0 saturated heterocycles. The molecule has 4 aromatic rings. The molecule has 3 aromatic carbocycles. The first-order valence-electron chi connectivity index (χ1n) is 9.00. The summed E-state index contributed by atoms with van der Waals surface area (Å²) in [7, 11) is 0. The fourth-order valence-corrected chi connectivity index (χ4v) is 3.86. The SMILES string of the molecule is FC(F)(F)C1CCc2ccc3c(ccc4ccccc43)c2C1.c1ccoc1. The molecule has 0 amide bonds. The van der Waals surface area contributed by atoms with Gasteiger partial charge in [0, 0.05) is 0 Å². The van der Waals surface area contributed by atoms with Crippen LogP contribution >= 0.6 is 0 Å². The lowest BCUT2D eigenvalue weighted by atomic mass is 9.80. The third-order valence-corrected chi connectivity index (χ3v) is 5.24. The van der Waals surface area contributed by atoms with E-state index in [0.717, 1.165) is 32.7 Å². The van der Waals surface area contributed by atoms with Gasteiger partial charge in [0.15, 0.2) is 0 Å². The van der Waals surface area contributed by atoms with E-state index in [9.17, 15) is 13.2 Å². The number of furan rings is 1. The predicted octanol–water partition coefficient (Wildman–Crippen LogP) is 6.94. The van der Waals surface area contributed by atoms with E-state index in [2.05, 4.69) is 10.5 Å². The van der Waals surface area contributed by atoms with E-state index in [1.807, 2.05) is 54.6 Å². The van der Waals surface area contributed by atoms with Gasteiger partial charge in [-0.1, -0.05) is 48.5 Å². The Morgan fingerprint density at radius 3 is 2.22 bits per heavy atom. The number of alkyl halides is 3. The highest BCUT2D eigenvalue weighted by atomic mass is 19.4. The van der Waals surface area contributed by atoms with Gasteiger partial charge in [-0.3, -0.25) is 0 Å². The molecule has 1 heterocycles. The third kappa shape index (κ3) is 3.57. The van der Waals surface area contributed by atoms with Gasteiger partial charge in [0.2, 0.25) is 0 Å². The van der Waals surface area contributed by atoms with Gasteiger partial charge in [-0.05, 0) is 64.1 Å². The average molecular weight is 368 g/mol. The summed E-state index contributed by atoms with van der Waals surface area (Å²) >= 11 is 0. The van der Waals surface area contributed by atoms with Gasteiger partial charge in [-0.2, -0.15) is 13.2 Å². The summed E-state index contributed by atoms with van der Waals surface area (Å²) in [6.45, 7) is 0. The van der Waals surface area contributed by atoms with E-state index in [4.69, 9.17) is 0 Å². The van der Waals surface area contributed by atoms with Gasteiger partial charge in [-0.25, -0.2) is 0 Å². The normalized spacial score (nSPS) is 16.6. The van der Waals surface area contributed by atoms with Crippen molar-refractivity contribution in [2.45, 2.75) is 25.4 Å². The van der Waals surface area contributed by atoms with Crippen LogP contribution in [0.4, 0.5) is 13.2 Å². The summed E-state index contributed by atoms with van der Waals surface area (Å²) in [6, 6.07) is 19.7. The van der Waals surface area contributed by atoms with Crippen molar-refractivity contribution in [3.63, 3.8) is 0 Å². The Bertz CT molecular complexity index is 1030. The molecule has 5 rings (SSSR count). The van der Waals surface area contributed by atoms with Crippen LogP contribution in [0.25, 0.3) is 21.5 Å². The topological polar surface area (TPSA) is 13.1 Å². The minimum absolute atomic E-state index is 0.106. The molecule has 1 unspecified atom stereocenters. The Morgan fingerprint density at radius 1 is 0.778 bits per heavy atom. The molecule has 1 aliphatic carbocycles. The monoisotopic (exact) mass is 368 g/mol. The van der Waals surface area contributed by atoms with Crippen LogP contribution in [0, 0.1) is 5.92 Å². The van der Waals surface area contributed by atoms with E-state index in [1.165, 1.54) is 0 Å². The second-order valence-corrected chi connectivity index (χ2v) is 6.86. The number of halogens is 3. The molecular formula is C23H19F3O. The average Bonchev–Trinajstić information content (AvgIpc) is 3.26. The van der Waals surface area contributed by atoms with Crippen molar-refractivity contribution in [3.8, 4) is 0 Å². The lowest BCUT2D eigenvalue weighted by Gasteiger charge is -2.27. The van der Waals surface area contributed by atoms with E-state index in [1.54, 1.807) is 12.5 Å². The van der Waals surface area contributed by atoms with Crippen LogP contribution < -0.4 is 0 Å². The Labute approximate surface area is 155 Å². The highest BCUT2D eigenvalue weighted by Crippen LogP contribution is 2.40. The van der Waals surface area contributed by atoms with Gasteiger partial charge in [0.25, 0.3) is 0 Å². The van der Waals surface area contributed by atoms with Gasteiger partial charge in [0.1, 0.15) is 0 Å². The van der Waals surface area contributed by atoms with Crippen LogP contribution in [0.3, 0.4) is 0 Å². The van der Waals surface area contributed by atoms with E-state index in [-0.39, 0.29) is 12.8 Å². The lowest BCUT2D eigenvalue weighted by molar-refractivity contribution is -0.176. The molecule has 0 N–H and O–H groups in total. The van der Waals surface area contributed by atoms with Crippen molar-refractivity contribution in [3.05, 3.63) is 84.3 Å². The van der Waals surface area contributed by atoms with Crippen molar-refractivity contribution in [2.24, 2.45) is 5.92 Å². The highest BCUT2D eigenvalue weighted by Gasteiger charge is 2.41. The van der Waals surface area contributed by atoms with Gasteiger partial charge in [0.05, 0.1) is 18.4 Å². The summed E-state index contributed by atoms with van der Waals surface area (Å²) < 4.78 is 43.8. The molecule has 1 atom stereocenters. The highest BCUT2D eigenvalue weighted by molar-refractivity contribution is 6.08. The maximum Gasteiger partial charge on any atom is 0.392 e. The molecule has 0 fully saturated rings. The molecule has 27 heavy (non-hydrogen) atoms. The molecule has 138 valence electrons. The Kier molecular flexibility index (Phi) is 4.65. The zero-order valence-electron chi connectivity index (χ0n) is 14.7. The summed E-state index contributed by atoms with van der Waals surface area (Å²) in [6.07, 6.45) is -0.0247. The number of hydrogen-bond donors (Lipinski definition) is 0. The Hall–Kier alpha value is -2.75. The fourth-order valence-electron chi connectivity index (χ4n) is 3.86. The second kappa shape index (κ2) is 7.10. The quantitative estimate of drug-likeness (QED) is 0.306. The van der Waals surface area contributed by atoms with Crippen LogP contribution in [0.1, 0.15) is 17.5 Å². The fraction of sp³-hybridized carbons (Fsp3) is 0.217. The standard InChI is InChI=1S/C19H15F3.C4H4O/c20-19(21,22)14-8-5-13-7-9-16-15-4-2-1-3-12(15)6-10-17(16)18(13)11-14;1-2-4-5-3-1/h1-4,6-7,9-10,14H,5,8,11H2;1-4H. The molecule has 0 bridgehead atoms. The molecule has 4 heteroatoms. The molecule has 1 aromatic heterocycles. The van der Waals surface area contributed by atoms with Crippen LogP contribution in [0.5, 0.6) is 0 Å². The molecule has 0 radical (unpaired) electrons.